The maximum absolute atomic E-state index is 6.32. The average Bonchev–Trinajstić information content (AvgIpc) is 3.36. The molecule has 2 aromatic heterocycles. The number of nitrogens with zero attached hydrogens (tertiary/aromatic N) is 3. The molecule has 4 aromatic carbocycles. The lowest BCUT2D eigenvalue weighted by molar-refractivity contribution is 0.669. The maximum Gasteiger partial charge on any atom is 0.167 e. The summed E-state index contributed by atoms with van der Waals surface area (Å²) in [4.78, 5) is 14.9. The second-order valence-corrected chi connectivity index (χ2v) is 9.82. The van der Waals surface area contributed by atoms with Crippen LogP contribution in [0.25, 0.3) is 50.3 Å². The van der Waals surface area contributed by atoms with Crippen LogP contribution >= 0.6 is 11.6 Å². The third kappa shape index (κ3) is 4.09. The molecule has 1 aliphatic carbocycles. The van der Waals surface area contributed by atoms with Crippen molar-refractivity contribution < 1.29 is 4.42 Å². The van der Waals surface area contributed by atoms with Crippen LogP contribution in [0.4, 0.5) is 0 Å². The summed E-state index contributed by atoms with van der Waals surface area (Å²) in [6.45, 7) is 0. The molecule has 5 heteroatoms. The first-order chi connectivity index (χ1) is 18.7. The van der Waals surface area contributed by atoms with Crippen LogP contribution in [0.1, 0.15) is 23.7 Å². The number of hydrogen-bond donors (Lipinski definition) is 0. The lowest BCUT2D eigenvalue weighted by Crippen LogP contribution is -2.09. The zero-order valence-corrected chi connectivity index (χ0v) is 21.1. The summed E-state index contributed by atoms with van der Waals surface area (Å²) < 4.78 is 6.32. The van der Waals surface area contributed by atoms with Gasteiger partial charge in [0.1, 0.15) is 17.0 Å². The molecule has 0 bridgehead atoms. The summed E-state index contributed by atoms with van der Waals surface area (Å²) in [6, 6.07) is 32.2. The second kappa shape index (κ2) is 9.40. The van der Waals surface area contributed by atoms with E-state index in [1.54, 1.807) is 0 Å². The van der Waals surface area contributed by atoms with Crippen LogP contribution in [0.2, 0.25) is 5.02 Å². The summed E-state index contributed by atoms with van der Waals surface area (Å²) in [5.41, 5.74) is 5.73. The Morgan fingerprint density at radius 1 is 0.711 bits per heavy atom. The van der Waals surface area contributed by atoms with Crippen molar-refractivity contribution in [3.05, 3.63) is 132 Å². The highest BCUT2D eigenvalue weighted by Gasteiger charge is 2.22. The highest BCUT2D eigenvalue weighted by atomic mass is 35.5. The van der Waals surface area contributed by atoms with E-state index in [1.807, 2.05) is 78.9 Å². The maximum atomic E-state index is 6.32. The number of rotatable bonds is 4. The molecule has 0 radical (unpaired) electrons. The molecule has 1 unspecified atom stereocenters. The minimum Gasteiger partial charge on any atom is -0.455 e. The predicted octanol–water partition coefficient (Wildman–Crippen LogP) is 8.89. The van der Waals surface area contributed by atoms with Gasteiger partial charge in [-0.3, -0.25) is 0 Å². The lowest BCUT2D eigenvalue weighted by atomic mass is 9.89. The van der Waals surface area contributed by atoms with Gasteiger partial charge in [0.05, 0.1) is 5.56 Å². The van der Waals surface area contributed by atoms with Gasteiger partial charge in [0.2, 0.25) is 0 Å². The molecule has 0 fully saturated rings. The molecule has 0 N–H and O–H groups in total. The zero-order chi connectivity index (χ0) is 25.5. The van der Waals surface area contributed by atoms with Crippen LogP contribution in [-0.4, -0.2) is 15.0 Å². The Labute approximate surface area is 225 Å². The molecule has 7 rings (SSSR count). The first-order valence-electron chi connectivity index (χ1n) is 12.6. The number of halogens is 1. The number of fused-ring (bicyclic) bond motifs is 3. The fourth-order valence-electron chi connectivity index (χ4n) is 5.08. The van der Waals surface area contributed by atoms with Crippen molar-refractivity contribution in [1.82, 2.24) is 15.0 Å². The highest BCUT2D eigenvalue weighted by molar-refractivity contribution is 6.30. The minimum absolute atomic E-state index is 0.00642. The average molecular weight is 512 g/mol. The van der Waals surface area contributed by atoms with E-state index >= 15 is 0 Å². The van der Waals surface area contributed by atoms with Crippen molar-refractivity contribution in [3.8, 4) is 22.8 Å². The third-order valence-corrected chi connectivity index (χ3v) is 7.17. The summed E-state index contributed by atoms with van der Waals surface area (Å²) in [6.07, 6.45) is 7.14. The molecule has 0 spiro atoms. The van der Waals surface area contributed by atoms with Gasteiger partial charge in [-0.25, -0.2) is 15.0 Å². The fourth-order valence-corrected chi connectivity index (χ4v) is 5.27. The highest BCUT2D eigenvalue weighted by Crippen LogP contribution is 2.37. The lowest BCUT2D eigenvalue weighted by Gasteiger charge is -2.19. The fraction of sp³-hybridized carbons (Fsp3) is 0.0606. The Kier molecular flexibility index (Phi) is 5.60. The largest absolute Gasteiger partial charge is 0.455 e. The molecule has 1 atom stereocenters. The van der Waals surface area contributed by atoms with Crippen molar-refractivity contribution in [2.24, 2.45) is 0 Å². The van der Waals surface area contributed by atoms with Crippen LogP contribution in [0.15, 0.2) is 120 Å². The Balaban J connectivity index is 1.37. The molecule has 0 aliphatic heterocycles. The van der Waals surface area contributed by atoms with Crippen molar-refractivity contribution >= 4 is 39.1 Å². The first-order valence-corrected chi connectivity index (χ1v) is 13.0. The van der Waals surface area contributed by atoms with E-state index in [-0.39, 0.29) is 5.92 Å². The van der Waals surface area contributed by atoms with Gasteiger partial charge in [0.25, 0.3) is 0 Å². The smallest absolute Gasteiger partial charge is 0.167 e. The van der Waals surface area contributed by atoms with E-state index in [2.05, 4.69) is 36.4 Å². The summed E-state index contributed by atoms with van der Waals surface area (Å²) in [5.74, 6) is 1.97. The van der Waals surface area contributed by atoms with E-state index in [1.165, 1.54) is 5.57 Å². The number of allylic oxidation sites excluding steroid dienone is 4. The Morgan fingerprint density at radius 3 is 2.37 bits per heavy atom. The van der Waals surface area contributed by atoms with Gasteiger partial charge in [-0.1, -0.05) is 103 Å². The standard InChI is InChI=1S/C33H22ClN3O/c34-25-14-7-12-23(20-25)22-11-6-13-24(19-22)32-35-31(21-9-2-1-3-10-21)36-33(37-32)28-17-8-16-27-26-15-4-5-18-29(26)38-30(27)28/h1-18,20,24H,19H2. The van der Waals surface area contributed by atoms with Gasteiger partial charge in [-0.2, -0.15) is 0 Å². The van der Waals surface area contributed by atoms with Crippen molar-refractivity contribution in [2.45, 2.75) is 12.3 Å². The molecular formula is C33H22ClN3O. The van der Waals surface area contributed by atoms with Gasteiger partial charge in [0.15, 0.2) is 11.6 Å². The van der Waals surface area contributed by atoms with E-state index in [0.717, 1.165) is 55.9 Å². The molecule has 4 nitrogen and oxygen atoms in total. The van der Waals surface area contributed by atoms with Crippen LogP contribution in [0.3, 0.4) is 0 Å². The van der Waals surface area contributed by atoms with Crippen LogP contribution < -0.4 is 0 Å². The Bertz CT molecular complexity index is 1870. The molecule has 6 aromatic rings. The van der Waals surface area contributed by atoms with Gasteiger partial charge in [-0.15, -0.1) is 0 Å². The van der Waals surface area contributed by atoms with Gasteiger partial charge in [-0.05, 0) is 41.8 Å². The van der Waals surface area contributed by atoms with Crippen molar-refractivity contribution in [3.63, 3.8) is 0 Å². The number of aromatic nitrogens is 3. The monoisotopic (exact) mass is 511 g/mol. The van der Waals surface area contributed by atoms with Crippen molar-refractivity contribution in [2.75, 3.05) is 0 Å². The summed E-state index contributed by atoms with van der Waals surface area (Å²) in [7, 11) is 0. The van der Waals surface area contributed by atoms with E-state index in [9.17, 15) is 0 Å². The van der Waals surface area contributed by atoms with Crippen molar-refractivity contribution in [1.29, 1.82) is 0 Å². The number of benzene rings is 4. The first kappa shape index (κ1) is 22.6. The quantitative estimate of drug-likeness (QED) is 0.237. The van der Waals surface area contributed by atoms with E-state index in [4.69, 9.17) is 31.0 Å². The molecule has 0 saturated carbocycles. The number of para-hydroxylation sites is 2. The van der Waals surface area contributed by atoms with Gasteiger partial charge >= 0.3 is 0 Å². The second-order valence-electron chi connectivity index (χ2n) is 9.39. The molecule has 182 valence electrons. The summed E-state index contributed by atoms with van der Waals surface area (Å²) in [5, 5.41) is 2.85. The van der Waals surface area contributed by atoms with Crippen LogP contribution in [-0.2, 0) is 0 Å². The van der Waals surface area contributed by atoms with Crippen LogP contribution in [0, 0.1) is 0 Å². The van der Waals surface area contributed by atoms with E-state index < -0.39 is 0 Å². The zero-order valence-electron chi connectivity index (χ0n) is 20.4. The molecule has 1 aliphatic rings. The SMILES string of the molecule is Clc1cccc(C2=CC=CC(c3nc(-c4ccccc4)nc(-c4cccc5c4oc4ccccc45)n3)C2)c1. The molecular weight excluding hydrogens is 490 g/mol. The third-order valence-electron chi connectivity index (χ3n) is 6.94. The minimum atomic E-state index is -0.00642. The topological polar surface area (TPSA) is 51.8 Å². The summed E-state index contributed by atoms with van der Waals surface area (Å²) >= 11 is 6.28. The van der Waals surface area contributed by atoms with Gasteiger partial charge < -0.3 is 4.42 Å². The predicted molar refractivity (Wildman–Crippen MR) is 154 cm³/mol. The van der Waals surface area contributed by atoms with Gasteiger partial charge in [0, 0.05) is 27.3 Å². The Morgan fingerprint density at radius 2 is 1.47 bits per heavy atom. The van der Waals surface area contributed by atoms with E-state index in [0.29, 0.717) is 11.6 Å². The molecule has 0 saturated heterocycles. The number of hydrogen-bond acceptors (Lipinski definition) is 4. The van der Waals surface area contributed by atoms with Crippen LogP contribution in [0.5, 0.6) is 0 Å². The molecule has 0 amide bonds. The normalized spacial score (nSPS) is 15.2. The molecule has 38 heavy (non-hydrogen) atoms. The number of furan rings is 1. The Hall–Kier alpha value is -4.54. The molecule has 2 heterocycles.